The molecule has 2 aromatic rings. The van der Waals surface area contributed by atoms with E-state index in [9.17, 15) is 8.42 Å². The number of nitrogens with zero attached hydrogens (tertiary/aromatic N) is 2. The van der Waals surface area contributed by atoms with Gasteiger partial charge in [0.25, 0.3) is 0 Å². The van der Waals surface area contributed by atoms with Crippen LogP contribution in [0.5, 0.6) is 0 Å². The molecule has 6 nitrogen and oxygen atoms in total. The molecule has 2 N–H and O–H groups in total. The Labute approximate surface area is 124 Å². The summed E-state index contributed by atoms with van der Waals surface area (Å²) in [6.45, 7) is 4.37. The Morgan fingerprint density at radius 3 is 2.57 bits per heavy atom. The molecule has 0 radical (unpaired) electrons. The largest absolute Gasteiger partial charge is 0.378 e. The number of anilines is 1. The zero-order chi connectivity index (χ0) is 15.3. The minimum absolute atomic E-state index is 0.229. The van der Waals surface area contributed by atoms with E-state index >= 15 is 0 Å². The molecule has 7 heteroatoms. The maximum absolute atomic E-state index is 12.1. The van der Waals surface area contributed by atoms with E-state index in [0.717, 1.165) is 11.4 Å². The van der Waals surface area contributed by atoms with Gasteiger partial charge in [-0.1, -0.05) is 19.1 Å². The zero-order valence-corrected chi connectivity index (χ0v) is 12.8. The molecular formula is C14H18N4O2S. The second kappa shape index (κ2) is 6.64. The Balaban J connectivity index is 2.19. The van der Waals surface area contributed by atoms with E-state index in [1.54, 1.807) is 43.6 Å². The van der Waals surface area contributed by atoms with Crippen LogP contribution in [0.3, 0.4) is 0 Å². The van der Waals surface area contributed by atoms with E-state index in [4.69, 9.17) is 0 Å². The molecule has 0 atom stereocenters. The predicted octanol–water partition coefficient (Wildman–Crippen LogP) is 1.70. The van der Waals surface area contributed by atoms with E-state index in [1.165, 1.54) is 0 Å². The van der Waals surface area contributed by atoms with Gasteiger partial charge in [0.1, 0.15) is 4.90 Å². The molecule has 1 heterocycles. The number of aryl methyl sites for hydroxylation is 1. The smallest absolute Gasteiger partial charge is 0.242 e. The molecule has 0 fully saturated rings. The average molecular weight is 306 g/mol. The summed E-state index contributed by atoms with van der Waals surface area (Å²) in [6.07, 6.45) is 3.35. The number of rotatable bonds is 6. The summed E-state index contributed by atoms with van der Waals surface area (Å²) in [6, 6.07) is 6.78. The van der Waals surface area contributed by atoms with Crippen molar-refractivity contribution in [2.45, 2.75) is 25.3 Å². The molecule has 0 amide bonds. The number of para-hydroxylation sites is 1. The maximum Gasteiger partial charge on any atom is 0.242 e. The van der Waals surface area contributed by atoms with Gasteiger partial charge >= 0.3 is 0 Å². The Morgan fingerprint density at radius 2 is 1.90 bits per heavy atom. The molecular weight excluding hydrogens is 288 g/mol. The van der Waals surface area contributed by atoms with Gasteiger partial charge in [0.15, 0.2) is 0 Å². The van der Waals surface area contributed by atoms with Gasteiger partial charge in [0.05, 0.1) is 29.8 Å². The minimum atomic E-state index is -3.50. The van der Waals surface area contributed by atoms with Crippen molar-refractivity contribution < 1.29 is 8.42 Å². The zero-order valence-electron chi connectivity index (χ0n) is 12.0. The van der Waals surface area contributed by atoms with Crippen molar-refractivity contribution in [2.24, 2.45) is 0 Å². The van der Waals surface area contributed by atoms with Crippen molar-refractivity contribution in [3.8, 4) is 0 Å². The van der Waals surface area contributed by atoms with Gasteiger partial charge in [-0.3, -0.25) is 9.97 Å². The average Bonchev–Trinajstić information content (AvgIpc) is 2.47. The maximum atomic E-state index is 12.1. The fourth-order valence-electron chi connectivity index (χ4n) is 1.81. The van der Waals surface area contributed by atoms with Gasteiger partial charge in [0.2, 0.25) is 10.0 Å². The summed E-state index contributed by atoms with van der Waals surface area (Å²) in [5.74, 6) is 0. The van der Waals surface area contributed by atoms with Gasteiger partial charge < -0.3 is 5.32 Å². The minimum Gasteiger partial charge on any atom is -0.378 e. The molecule has 0 saturated heterocycles. The quantitative estimate of drug-likeness (QED) is 0.848. The number of hydrogen-bond donors (Lipinski definition) is 2. The molecule has 0 aliphatic heterocycles. The van der Waals surface area contributed by atoms with E-state index in [2.05, 4.69) is 20.0 Å². The van der Waals surface area contributed by atoms with Crippen LogP contribution >= 0.6 is 0 Å². The number of hydrogen-bond acceptors (Lipinski definition) is 5. The van der Waals surface area contributed by atoms with Crippen LogP contribution in [0.2, 0.25) is 0 Å². The first-order valence-corrected chi connectivity index (χ1v) is 8.11. The predicted molar refractivity (Wildman–Crippen MR) is 81.4 cm³/mol. The van der Waals surface area contributed by atoms with Crippen LogP contribution in [0.25, 0.3) is 0 Å². The Kier molecular flexibility index (Phi) is 4.87. The monoisotopic (exact) mass is 306 g/mol. The van der Waals surface area contributed by atoms with Crippen LogP contribution in [0.1, 0.15) is 18.3 Å². The van der Waals surface area contributed by atoms with Gasteiger partial charge in [0, 0.05) is 12.7 Å². The second-order valence-corrected chi connectivity index (χ2v) is 6.24. The topological polar surface area (TPSA) is 84.0 Å². The number of sulfonamides is 1. The van der Waals surface area contributed by atoms with Crippen molar-refractivity contribution in [3.63, 3.8) is 0 Å². The lowest BCUT2D eigenvalue weighted by atomic mass is 10.3. The lowest BCUT2D eigenvalue weighted by molar-refractivity contribution is 0.584. The normalized spacial score (nSPS) is 11.3. The molecule has 0 aliphatic rings. The third-order valence-corrected chi connectivity index (χ3v) is 4.41. The van der Waals surface area contributed by atoms with Crippen LogP contribution < -0.4 is 10.0 Å². The fraction of sp³-hybridized carbons (Fsp3) is 0.286. The molecule has 0 saturated carbocycles. The second-order valence-electron chi connectivity index (χ2n) is 4.50. The summed E-state index contributed by atoms with van der Waals surface area (Å²) >= 11 is 0. The molecule has 0 unspecified atom stereocenters. The van der Waals surface area contributed by atoms with Gasteiger partial charge in [-0.15, -0.1) is 0 Å². The number of aromatic nitrogens is 2. The summed E-state index contributed by atoms with van der Waals surface area (Å²) in [5, 5.41) is 3.09. The third-order valence-electron chi connectivity index (χ3n) is 2.81. The lowest BCUT2D eigenvalue weighted by Gasteiger charge is -2.12. The first-order valence-electron chi connectivity index (χ1n) is 6.63. The van der Waals surface area contributed by atoms with Crippen molar-refractivity contribution in [2.75, 3.05) is 11.9 Å². The van der Waals surface area contributed by atoms with Crippen molar-refractivity contribution in [1.29, 1.82) is 0 Å². The molecule has 2 rings (SSSR count). The van der Waals surface area contributed by atoms with Crippen LogP contribution in [0, 0.1) is 6.92 Å². The van der Waals surface area contributed by atoms with E-state index in [-0.39, 0.29) is 4.90 Å². The molecule has 21 heavy (non-hydrogen) atoms. The highest BCUT2D eigenvalue weighted by atomic mass is 32.2. The highest BCUT2D eigenvalue weighted by Gasteiger charge is 2.16. The van der Waals surface area contributed by atoms with Gasteiger partial charge in [-0.05, 0) is 19.1 Å². The highest BCUT2D eigenvalue weighted by molar-refractivity contribution is 7.89. The first kappa shape index (κ1) is 15.4. The summed E-state index contributed by atoms with van der Waals surface area (Å²) in [4.78, 5) is 8.62. The highest BCUT2D eigenvalue weighted by Crippen LogP contribution is 2.20. The standard InChI is InChI=1S/C14H18N4O2S/c1-3-18-21(19,20)14-7-5-4-6-13(14)17-10-12-9-15-11(2)8-16-12/h4-9,17-18H,3,10H2,1-2H3. The number of benzene rings is 1. The summed E-state index contributed by atoms with van der Waals surface area (Å²) < 4.78 is 26.7. The Morgan fingerprint density at radius 1 is 1.14 bits per heavy atom. The number of nitrogens with one attached hydrogen (secondary N) is 2. The molecule has 0 spiro atoms. The van der Waals surface area contributed by atoms with Crippen LogP contribution in [0.4, 0.5) is 5.69 Å². The SMILES string of the molecule is CCNS(=O)(=O)c1ccccc1NCc1cnc(C)cn1. The molecule has 0 bridgehead atoms. The third kappa shape index (κ3) is 3.99. The molecule has 112 valence electrons. The van der Waals surface area contributed by atoms with Gasteiger partial charge in [-0.2, -0.15) is 0 Å². The molecule has 1 aromatic carbocycles. The van der Waals surface area contributed by atoms with Crippen molar-refractivity contribution in [1.82, 2.24) is 14.7 Å². The van der Waals surface area contributed by atoms with Crippen LogP contribution in [0.15, 0.2) is 41.6 Å². The van der Waals surface area contributed by atoms with Crippen LogP contribution in [-0.4, -0.2) is 24.9 Å². The Bertz CT molecular complexity index is 699. The van der Waals surface area contributed by atoms with E-state index in [0.29, 0.717) is 18.8 Å². The lowest BCUT2D eigenvalue weighted by Crippen LogP contribution is -2.24. The summed E-state index contributed by atoms with van der Waals surface area (Å²) in [5.41, 5.74) is 2.13. The van der Waals surface area contributed by atoms with Crippen molar-refractivity contribution >= 4 is 15.7 Å². The summed E-state index contributed by atoms with van der Waals surface area (Å²) in [7, 11) is -3.50. The van der Waals surface area contributed by atoms with Gasteiger partial charge in [-0.25, -0.2) is 13.1 Å². The fourth-order valence-corrected chi connectivity index (χ4v) is 3.03. The van der Waals surface area contributed by atoms with E-state index < -0.39 is 10.0 Å². The van der Waals surface area contributed by atoms with E-state index in [1.807, 2.05) is 6.92 Å². The molecule has 0 aliphatic carbocycles. The van der Waals surface area contributed by atoms with Crippen LogP contribution in [-0.2, 0) is 16.6 Å². The Hall–Kier alpha value is -1.99. The first-order chi connectivity index (χ1) is 10.0. The van der Waals surface area contributed by atoms with Crippen molar-refractivity contribution in [3.05, 3.63) is 48.0 Å². The molecule has 1 aromatic heterocycles.